The third-order valence-electron chi connectivity index (χ3n) is 3.55. The van der Waals surface area contributed by atoms with Gasteiger partial charge in [0.15, 0.2) is 6.61 Å². The topological polar surface area (TPSA) is 84.9 Å². The van der Waals surface area contributed by atoms with E-state index in [1.165, 1.54) is 12.1 Å². The van der Waals surface area contributed by atoms with Crippen molar-refractivity contribution in [3.8, 4) is 11.5 Å². The van der Waals surface area contributed by atoms with Gasteiger partial charge < -0.3 is 19.9 Å². The zero-order valence-corrected chi connectivity index (χ0v) is 14.5. The Bertz CT molecular complexity index is 776. The number of rotatable bonds is 8. The van der Waals surface area contributed by atoms with Crippen molar-refractivity contribution in [2.75, 3.05) is 13.2 Å². The fourth-order valence-electron chi connectivity index (χ4n) is 2.12. The summed E-state index contributed by atoms with van der Waals surface area (Å²) >= 11 is 0. The van der Waals surface area contributed by atoms with Crippen molar-refractivity contribution < 1.29 is 28.6 Å². The van der Waals surface area contributed by atoms with Crippen LogP contribution in [-0.4, -0.2) is 36.2 Å². The number of nitrogens with one attached hydrogen (secondary N) is 1. The van der Waals surface area contributed by atoms with Gasteiger partial charge in [-0.05, 0) is 55.3 Å². The summed E-state index contributed by atoms with van der Waals surface area (Å²) in [7, 11) is 0. The zero-order valence-electron chi connectivity index (χ0n) is 14.5. The quantitative estimate of drug-likeness (QED) is 0.755. The lowest BCUT2D eigenvalue weighted by molar-refractivity contribution is -0.145. The van der Waals surface area contributed by atoms with E-state index in [1.54, 1.807) is 0 Å². The van der Waals surface area contributed by atoms with Crippen molar-refractivity contribution in [1.29, 1.82) is 0 Å². The molecule has 0 aliphatic rings. The summed E-state index contributed by atoms with van der Waals surface area (Å²) in [4.78, 5) is 23.2. The van der Waals surface area contributed by atoms with Crippen LogP contribution < -0.4 is 14.8 Å². The molecule has 1 atom stereocenters. The smallest absolute Gasteiger partial charge is 0.346 e. The first kappa shape index (κ1) is 19.2. The van der Waals surface area contributed by atoms with E-state index in [0.29, 0.717) is 5.75 Å². The molecule has 0 aliphatic carbocycles. The zero-order chi connectivity index (χ0) is 19.1. The van der Waals surface area contributed by atoms with Gasteiger partial charge in [0.2, 0.25) is 6.10 Å². The summed E-state index contributed by atoms with van der Waals surface area (Å²) in [6.45, 7) is 3.29. The molecule has 138 valence electrons. The molecular weight excluding hydrogens is 341 g/mol. The second-order valence-electron chi connectivity index (χ2n) is 5.76. The van der Waals surface area contributed by atoms with Crippen LogP contribution >= 0.6 is 0 Å². The maximum absolute atomic E-state index is 12.9. The number of aliphatic carboxylic acids is 1. The van der Waals surface area contributed by atoms with Gasteiger partial charge in [-0.1, -0.05) is 12.1 Å². The highest BCUT2D eigenvalue weighted by atomic mass is 19.1. The van der Waals surface area contributed by atoms with Gasteiger partial charge >= 0.3 is 5.97 Å². The number of ether oxygens (including phenoxy) is 2. The van der Waals surface area contributed by atoms with E-state index in [2.05, 4.69) is 5.32 Å². The molecule has 0 fully saturated rings. The molecule has 26 heavy (non-hydrogen) atoms. The SMILES string of the molecule is Cc1ccc(C)c(OCC(=O)NCC(Oc2ccc(F)cc2)C(=O)O)c1. The maximum Gasteiger partial charge on any atom is 0.346 e. The van der Waals surface area contributed by atoms with Crippen LogP contribution in [0.15, 0.2) is 42.5 Å². The molecule has 7 heteroatoms. The van der Waals surface area contributed by atoms with Crippen LogP contribution in [-0.2, 0) is 9.59 Å². The van der Waals surface area contributed by atoms with Crippen molar-refractivity contribution in [2.45, 2.75) is 20.0 Å². The summed E-state index contributed by atoms with van der Waals surface area (Å²) in [6.07, 6.45) is -1.30. The molecule has 0 saturated carbocycles. The number of halogens is 1. The molecule has 0 saturated heterocycles. The van der Waals surface area contributed by atoms with E-state index in [1.807, 2.05) is 32.0 Å². The van der Waals surface area contributed by atoms with E-state index >= 15 is 0 Å². The molecule has 2 aromatic carbocycles. The number of carbonyl (C=O) groups excluding carboxylic acids is 1. The molecule has 0 bridgehead atoms. The molecule has 1 amide bonds. The maximum atomic E-state index is 12.9. The average molecular weight is 361 g/mol. The van der Waals surface area contributed by atoms with Gasteiger partial charge in [-0.15, -0.1) is 0 Å². The first-order chi connectivity index (χ1) is 12.3. The highest BCUT2D eigenvalue weighted by Crippen LogP contribution is 2.18. The lowest BCUT2D eigenvalue weighted by Crippen LogP contribution is -2.41. The first-order valence-corrected chi connectivity index (χ1v) is 7.97. The number of amides is 1. The Balaban J connectivity index is 1.85. The highest BCUT2D eigenvalue weighted by Gasteiger charge is 2.20. The predicted octanol–water partition coefficient (Wildman–Crippen LogP) is 2.47. The number of hydrogen-bond acceptors (Lipinski definition) is 4. The summed E-state index contributed by atoms with van der Waals surface area (Å²) in [5.74, 6) is -1.39. The normalized spacial score (nSPS) is 11.5. The Hall–Kier alpha value is -3.09. The molecular formula is C19H20FNO5. The summed E-state index contributed by atoms with van der Waals surface area (Å²) < 4.78 is 23.6. The van der Waals surface area contributed by atoms with E-state index < -0.39 is 23.8 Å². The minimum Gasteiger partial charge on any atom is -0.483 e. The van der Waals surface area contributed by atoms with Crippen molar-refractivity contribution in [3.63, 3.8) is 0 Å². The Morgan fingerprint density at radius 1 is 1.15 bits per heavy atom. The van der Waals surface area contributed by atoms with Crippen LogP contribution in [0.4, 0.5) is 4.39 Å². The van der Waals surface area contributed by atoms with Crippen LogP contribution in [0.5, 0.6) is 11.5 Å². The number of hydrogen-bond donors (Lipinski definition) is 2. The predicted molar refractivity (Wildman–Crippen MR) is 92.9 cm³/mol. The standard InChI is InChI=1S/C19H20FNO5/c1-12-3-4-13(2)16(9-12)25-11-18(22)21-10-17(19(23)24)26-15-7-5-14(20)6-8-15/h3-9,17H,10-11H2,1-2H3,(H,21,22)(H,23,24). The molecule has 2 aromatic rings. The molecule has 0 aromatic heterocycles. The molecule has 2 rings (SSSR count). The van der Waals surface area contributed by atoms with Crippen molar-refractivity contribution >= 4 is 11.9 Å². The van der Waals surface area contributed by atoms with Gasteiger partial charge in [0.05, 0.1) is 6.54 Å². The molecule has 0 radical (unpaired) electrons. The minimum atomic E-state index is -1.30. The molecule has 0 heterocycles. The molecule has 0 aliphatic heterocycles. The molecule has 2 N–H and O–H groups in total. The Morgan fingerprint density at radius 3 is 2.50 bits per heavy atom. The second-order valence-corrected chi connectivity index (χ2v) is 5.76. The van der Waals surface area contributed by atoms with Crippen LogP contribution in [0, 0.1) is 19.7 Å². The van der Waals surface area contributed by atoms with Gasteiger partial charge in [-0.25, -0.2) is 9.18 Å². The van der Waals surface area contributed by atoms with E-state index in [-0.39, 0.29) is 18.9 Å². The third kappa shape index (κ3) is 5.77. The van der Waals surface area contributed by atoms with Crippen LogP contribution in [0.3, 0.4) is 0 Å². The molecule has 1 unspecified atom stereocenters. The van der Waals surface area contributed by atoms with Gasteiger partial charge in [-0.3, -0.25) is 4.79 Å². The van der Waals surface area contributed by atoms with E-state index in [4.69, 9.17) is 9.47 Å². The summed E-state index contributed by atoms with van der Waals surface area (Å²) in [5, 5.41) is 11.7. The lowest BCUT2D eigenvalue weighted by atomic mass is 10.1. The van der Waals surface area contributed by atoms with Crippen LogP contribution in [0.25, 0.3) is 0 Å². The fraction of sp³-hybridized carbons (Fsp3) is 0.263. The number of carboxylic acids is 1. The third-order valence-corrected chi connectivity index (χ3v) is 3.55. The Labute approximate surface area is 150 Å². The van der Waals surface area contributed by atoms with Crippen LogP contribution in [0.1, 0.15) is 11.1 Å². The van der Waals surface area contributed by atoms with Gasteiger partial charge in [0.25, 0.3) is 5.91 Å². The van der Waals surface area contributed by atoms with E-state index in [0.717, 1.165) is 23.3 Å². The van der Waals surface area contributed by atoms with Gasteiger partial charge in [0.1, 0.15) is 17.3 Å². The fourth-order valence-corrected chi connectivity index (χ4v) is 2.12. The Morgan fingerprint density at radius 2 is 1.85 bits per heavy atom. The minimum absolute atomic E-state index is 0.194. The largest absolute Gasteiger partial charge is 0.483 e. The van der Waals surface area contributed by atoms with Crippen molar-refractivity contribution in [2.24, 2.45) is 0 Å². The molecule has 6 nitrogen and oxygen atoms in total. The molecule has 0 spiro atoms. The number of aryl methyl sites for hydroxylation is 2. The van der Waals surface area contributed by atoms with Gasteiger partial charge in [-0.2, -0.15) is 0 Å². The van der Waals surface area contributed by atoms with Gasteiger partial charge in [0, 0.05) is 0 Å². The lowest BCUT2D eigenvalue weighted by Gasteiger charge is -2.16. The van der Waals surface area contributed by atoms with E-state index in [9.17, 15) is 19.1 Å². The van der Waals surface area contributed by atoms with Crippen molar-refractivity contribution in [1.82, 2.24) is 5.32 Å². The number of carbonyl (C=O) groups is 2. The summed E-state index contributed by atoms with van der Waals surface area (Å²) in [5.41, 5.74) is 1.90. The summed E-state index contributed by atoms with van der Waals surface area (Å²) in [6, 6.07) is 10.6. The number of carboxylic acid groups (broad SMARTS) is 1. The monoisotopic (exact) mass is 361 g/mol. The first-order valence-electron chi connectivity index (χ1n) is 7.97. The highest BCUT2D eigenvalue weighted by molar-refractivity contribution is 5.79. The number of benzene rings is 2. The average Bonchev–Trinajstić information content (AvgIpc) is 2.60. The second kappa shape index (κ2) is 8.84. The van der Waals surface area contributed by atoms with Crippen molar-refractivity contribution in [3.05, 3.63) is 59.4 Å². The Kier molecular flexibility index (Phi) is 6.54. The van der Waals surface area contributed by atoms with Crippen LogP contribution in [0.2, 0.25) is 0 Å².